The van der Waals surface area contributed by atoms with E-state index in [-0.39, 0.29) is 16.8 Å². The van der Waals surface area contributed by atoms with Crippen LogP contribution in [0, 0.1) is 50.2 Å². The number of carbonyl (C=O) groups excluding carboxylic acids is 1. The first-order valence-corrected chi connectivity index (χ1v) is 13.9. The third-order valence-electron chi connectivity index (χ3n) is 12.9. The minimum absolute atomic E-state index is 0.0585. The zero-order valence-corrected chi connectivity index (χ0v) is 23.1. The van der Waals surface area contributed by atoms with Crippen LogP contribution in [0.3, 0.4) is 0 Å². The maximum absolute atomic E-state index is 12.2. The van der Waals surface area contributed by atoms with Crippen LogP contribution in [0.2, 0.25) is 0 Å². The normalized spacial score (nSPS) is 51.0. The molecule has 0 saturated heterocycles. The third kappa shape index (κ3) is 3.58. The second kappa shape index (κ2) is 7.86. The van der Waals surface area contributed by atoms with E-state index in [1.165, 1.54) is 64.9 Å². The molecule has 2 heteroatoms. The molecule has 4 aliphatic rings. The summed E-state index contributed by atoms with van der Waals surface area (Å²) < 4.78 is 5.06. The van der Waals surface area contributed by atoms with Crippen LogP contribution in [-0.4, -0.2) is 13.1 Å². The van der Waals surface area contributed by atoms with Gasteiger partial charge in [-0.2, -0.15) is 0 Å². The Bertz CT molecular complexity index is 799. The fourth-order valence-electron chi connectivity index (χ4n) is 10.4. The number of allylic oxidation sites excluding steroid dienone is 1. The van der Waals surface area contributed by atoms with Gasteiger partial charge in [0.15, 0.2) is 0 Å². The van der Waals surface area contributed by atoms with Gasteiger partial charge in [-0.1, -0.05) is 54.5 Å². The van der Waals surface area contributed by atoms with Crippen LogP contribution in [0.15, 0.2) is 12.7 Å². The molecule has 0 unspecified atom stereocenters. The molecule has 4 fully saturated rings. The molecule has 0 N–H and O–H groups in total. The predicted octanol–water partition coefficient (Wildman–Crippen LogP) is 8.60. The number of ether oxygens (including phenoxy) is 1. The second-order valence-electron chi connectivity index (χ2n) is 14.9. The number of carbonyl (C=O) groups is 1. The van der Waals surface area contributed by atoms with Crippen LogP contribution in [0.4, 0.5) is 0 Å². The lowest BCUT2D eigenvalue weighted by Crippen LogP contribution is -2.66. The van der Waals surface area contributed by atoms with Crippen LogP contribution < -0.4 is 0 Å². The van der Waals surface area contributed by atoms with Gasteiger partial charge in [-0.15, -0.1) is 6.58 Å². The Kier molecular flexibility index (Phi) is 6.03. The van der Waals surface area contributed by atoms with Crippen LogP contribution in [0.5, 0.6) is 0 Å². The highest BCUT2D eigenvalue weighted by Crippen LogP contribution is 2.77. The summed E-state index contributed by atoms with van der Waals surface area (Å²) in [6.07, 6.45) is 15.8. The largest absolute Gasteiger partial charge is 0.469 e. The van der Waals surface area contributed by atoms with Crippen LogP contribution >= 0.6 is 0 Å². The molecule has 0 radical (unpaired) electrons. The predicted molar refractivity (Wildman–Crippen MR) is 138 cm³/mol. The van der Waals surface area contributed by atoms with Crippen molar-refractivity contribution in [3.05, 3.63) is 12.7 Å². The van der Waals surface area contributed by atoms with E-state index in [1.807, 2.05) is 0 Å². The van der Waals surface area contributed by atoms with Crippen molar-refractivity contribution in [1.82, 2.24) is 0 Å². The lowest BCUT2D eigenvalue weighted by Gasteiger charge is -2.74. The van der Waals surface area contributed by atoms with Gasteiger partial charge < -0.3 is 4.74 Å². The van der Waals surface area contributed by atoms with E-state index in [0.717, 1.165) is 18.3 Å². The maximum atomic E-state index is 12.2. The minimum atomic E-state index is -0.0585. The summed E-state index contributed by atoms with van der Waals surface area (Å²) in [4.78, 5) is 12.2. The van der Waals surface area contributed by atoms with Gasteiger partial charge in [-0.05, 0) is 114 Å². The van der Waals surface area contributed by atoms with Gasteiger partial charge in [0.1, 0.15) is 0 Å². The number of hydrogen-bond donors (Lipinski definition) is 0. The van der Waals surface area contributed by atoms with Gasteiger partial charge in [0.2, 0.25) is 0 Å². The number of rotatable bonds is 4. The van der Waals surface area contributed by atoms with Crippen LogP contribution in [0.1, 0.15) is 119 Å². The lowest BCUT2D eigenvalue weighted by molar-refractivity contribution is -0.247. The first-order valence-electron chi connectivity index (χ1n) is 13.9. The van der Waals surface area contributed by atoms with E-state index < -0.39 is 0 Å². The van der Waals surface area contributed by atoms with Crippen molar-refractivity contribution in [2.24, 2.45) is 50.2 Å². The molecule has 0 bridgehead atoms. The van der Waals surface area contributed by atoms with E-state index in [9.17, 15) is 4.79 Å². The van der Waals surface area contributed by atoms with E-state index in [0.29, 0.717) is 34.0 Å². The van der Waals surface area contributed by atoms with Crippen LogP contribution in [0.25, 0.3) is 0 Å². The van der Waals surface area contributed by atoms with E-state index in [2.05, 4.69) is 61.1 Å². The number of methoxy groups -OCH3 is 1. The molecule has 0 heterocycles. The van der Waals surface area contributed by atoms with Crippen LogP contribution in [-0.2, 0) is 9.53 Å². The molecule has 4 saturated carbocycles. The summed E-state index contributed by atoms with van der Waals surface area (Å²) >= 11 is 0. The van der Waals surface area contributed by atoms with E-state index >= 15 is 0 Å². The Morgan fingerprint density at radius 2 is 1.48 bits per heavy atom. The van der Waals surface area contributed by atoms with Crippen molar-refractivity contribution in [3.8, 4) is 0 Å². The summed E-state index contributed by atoms with van der Waals surface area (Å²) in [7, 11) is 1.53. The van der Waals surface area contributed by atoms with Crippen molar-refractivity contribution >= 4 is 5.97 Å². The molecule has 0 aromatic heterocycles. The summed E-state index contributed by atoms with van der Waals surface area (Å²) in [5.41, 5.74) is 2.16. The summed E-state index contributed by atoms with van der Waals surface area (Å²) in [5.74, 6) is 2.00. The molecule has 0 aromatic carbocycles. The zero-order chi connectivity index (χ0) is 24.5. The highest BCUT2D eigenvalue weighted by atomic mass is 16.5. The standard InChI is InChI=1S/C31H52O2/c1-10-27(4)14-13-23-29(6,22(27)11-12-25(32)33-9)18-20-31(8)24-21-26(2,3)15-16-28(24,5)17-19-30(23,31)7/h10,22-24H,1,11-21H2,2-9H3/t22-,23+,24-,27+,28-,29+,30-,31+/m1/s1. The average molecular weight is 457 g/mol. The van der Waals surface area contributed by atoms with E-state index in [4.69, 9.17) is 4.74 Å². The average Bonchev–Trinajstić information content (AvgIpc) is 2.76. The molecule has 0 amide bonds. The molecular formula is C31H52O2. The number of fused-ring (bicyclic) bond motifs is 5. The smallest absolute Gasteiger partial charge is 0.305 e. The highest BCUT2D eigenvalue weighted by molar-refractivity contribution is 5.69. The zero-order valence-electron chi connectivity index (χ0n) is 23.1. The van der Waals surface area contributed by atoms with Gasteiger partial charge in [0.25, 0.3) is 0 Å². The van der Waals surface area contributed by atoms with Gasteiger partial charge >= 0.3 is 5.97 Å². The Hall–Kier alpha value is -0.790. The molecule has 0 spiro atoms. The molecule has 4 aliphatic carbocycles. The van der Waals surface area contributed by atoms with Crippen molar-refractivity contribution in [3.63, 3.8) is 0 Å². The molecule has 8 atom stereocenters. The van der Waals surface area contributed by atoms with Gasteiger partial charge in [-0.3, -0.25) is 4.79 Å². The lowest BCUT2D eigenvalue weighted by atomic mass is 9.31. The first-order chi connectivity index (χ1) is 15.2. The SMILES string of the molecule is C=C[C@@]1(C)CC[C@H]2[C@@](C)(CC[C@@]3(C)[C@@H]4CC(C)(C)CC[C@]4(C)CC[C@]23C)[C@@H]1CCC(=O)OC. The minimum Gasteiger partial charge on any atom is -0.469 e. The monoisotopic (exact) mass is 456 g/mol. The van der Waals surface area contributed by atoms with Crippen molar-refractivity contribution < 1.29 is 9.53 Å². The Balaban J connectivity index is 1.73. The fraction of sp³-hybridized carbons (Fsp3) is 0.903. The quantitative estimate of drug-likeness (QED) is 0.313. The highest BCUT2D eigenvalue weighted by Gasteiger charge is 2.69. The summed E-state index contributed by atoms with van der Waals surface area (Å²) in [5, 5.41) is 0. The summed E-state index contributed by atoms with van der Waals surface area (Å²) in [6.45, 7) is 22.4. The first kappa shape index (κ1) is 25.3. The van der Waals surface area contributed by atoms with E-state index in [1.54, 1.807) is 0 Å². The van der Waals surface area contributed by atoms with Crippen molar-refractivity contribution in [1.29, 1.82) is 0 Å². The second-order valence-corrected chi connectivity index (χ2v) is 14.9. The molecule has 2 nitrogen and oxygen atoms in total. The van der Waals surface area contributed by atoms with Crippen molar-refractivity contribution in [2.75, 3.05) is 7.11 Å². The molecule has 0 aromatic rings. The summed E-state index contributed by atoms with van der Waals surface area (Å²) in [6, 6.07) is 0. The fourth-order valence-corrected chi connectivity index (χ4v) is 10.4. The molecule has 4 rings (SSSR count). The Morgan fingerprint density at radius 1 is 0.879 bits per heavy atom. The Labute approximate surface area is 204 Å². The molecular weight excluding hydrogens is 404 g/mol. The van der Waals surface area contributed by atoms with Gasteiger partial charge in [-0.25, -0.2) is 0 Å². The number of esters is 1. The topological polar surface area (TPSA) is 26.3 Å². The molecule has 188 valence electrons. The third-order valence-corrected chi connectivity index (χ3v) is 12.9. The Morgan fingerprint density at radius 3 is 2.12 bits per heavy atom. The van der Waals surface area contributed by atoms with Gasteiger partial charge in [0, 0.05) is 6.42 Å². The molecule has 33 heavy (non-hydrogen) atoms. The molecule has 0 aliphatic heterocycles. The maximum Gasteiger partial charge on any atom is 0.305 e. The van der Waals surface area contributed by atoms with Crippen molar-refractivity contribution in [2.45, 2.75) is 119 Å². The van der Waals surface area contributed by atoms with Gasteiger partial charge in [0.05, 0.1) is 7.11 Å². The number of hydrogen-bond acceptors (Lipinski definition) is 2.